The van der Waals surface area contributed by atoms with E-state index in [1.807, 2.05) is 26.0 Å². The Morgan fingerprint density at radius 1 is 1.10 bits per heavy atom. The number of hydrogen-bond acceptors (Lipinski definition) is 3. The number of halogens is 1. The predicted octanol–water partition coefficient (Wildman–Crippen LogP) is 5.07. The number of carbonyl (C=O) groups excluding carboxylic acids is 1. The topological polar surface area (TPSA) is 35.5 Å². The number of aryl methyl sites for hydroxylation is 2. The van der Waals surface area contributed by atoms with Crippen LogP contribution in [-0.4, -0.2) is 12.9 Å². The molecule has 110 valence electrons. The lowest BCUT2D eigenvalue weighted by Crippen LogP contribution is -2.01. The summed E-state index contributed by atoms with van der Waals surface area (Å²) in [6.45, 7) is 5.51. The van der Waals surface area contributed by atoms with Crippen molar-refractivity contribution < 1.29 is 14.3 Å². The molecule has 0 heterocycles. The molecule has 0 fully saturated rings. The molecule has 4 heteroatoms. The maximum Gasteiger partial charge on any atom is 0.167 e. The van der Waals surface area contributed by atoms with Crippen LogP contribution in [0.25, 0.3) is 0 Å². The maximum atomic E-state index is 11.9. The van der Waals surface area contributed by atoms with Gasteiger partial charge in [0.2, 0.25) is 0 Å². The third kappa shape index (κ3) is 3.27. The van der Waals surface area contributed by atoms with Crippen molar-refractivity contribution in [2.75, 3.05) is 7.11 Å². The molecule has 0 unspecified atom stereocenters. The lowest BCUT2D eigenvalue weighted by molar-refractivity contribution is 0.101. The Hall–Kier alpha value is -1.81. The van der Waals surface area contributed by atoms with Gasteiger partial charge in [0, 0.05) is 4.47 Å². The van der Waals surface area contributed by atoms with E-state index >= 15 is 0 Å². The Bertz CT molecular complexity index is 669. The molecule has 0 amide bonds. The second-order valence-corrected chi connectivity index (χ2v) is 5.66. The summed E-state index contributed by atoms with van der Waals surface area (Å²) in [4.78, 5) is 11.9. The van der Waals surface area contributed by atoms with E-state index in [2.05, 4.69) is 15.9 Å². The van der Waals surface area contributed by atoms with Crippen LogP contribution in [0.4, 0.5) is 0 Å². The van der Waals surface area contributed by atoms with Crippen LogP contribution >= 0.6 is 15.9 Å². The van der Waals surface area contributed by atoms with Crippen molar-refractivity contribution in [2.45, 2.75) is 20.8 Å². The Balaban J connectivity index is 2.47. The number of carbonyl (C=O) groups is 1. The van der Waals surface area contributed by atoms with Gasteiger partial charge in [0.15, 0.2) is 5.78 Å². The highest BCUT2D eigenvalue weighted by Crippen LogP contribution is 2.34. The maximum absolute atomic E-state index is 11.9. The van der Waals surface area contributed by atoms with Gasteiger partial charge in [-0.2, -0.15) is 0 Å². The van der Waals surface area contributed by atoms with Gasteiger partial charge in [0.1, 0.15) is 22.8 Å². The number of Topliss-reactive ketones (excluding diaryl/α,β-unsaturated/α-hetero) is 1. The first-order valence-electron chi connectivity index (χ1n) is 6.56. The molecule has 0 aromatic heterocycles. The second-order valence-electron chi connectivity index (χ2n) is 4.86. The first-order chi connectivity index (χ1) is 9.93. The van der Waals surface area contributed by atoms with Gasteiger partial charge in [0.05, 0.1) is 7.11 Å². The van der Waals surface area contributed by atoms with Gasteiger partial charge in [-0.3, -0.25) is 4.79 Å². The van der Waals surface area contributed by atoms with Gasteiger partial charge in [-0.25, -0.2) is 0 Å². The summed E-state index contributed by atoms with van der Waals surface area (Å²) in [6, 6.07) is 9.19. The number of ketones is 1. The van der Waals surface area contributed by atoms with Crippen LogP contribution in [0.2, 0.25) is 0 Å². The standard InChI is InChI=1S/C17H17BrO3/c1-10-8-13(9-11(2)17(10)18)21-15-7-5-6-14(20-4)16(15)12(3)19/h5-9H,1-4H3. The molecule has 0 saturated heterocycles. The normalized spacial score (nSPS) is 10.3. The molecule has 0 saturated carbocycles. The van der Waals surface area contributed by atoms with E-state index in [9.17, 15) is 4.79 Å². The second kappa shape index (κ2) is 6.31. The van der Waals surface area contributed by atoms with E-state index in [1.54, 1.807) is 25.3 Å². The number of benzene rings is 2. The fourth-order valence-corrected chi connectivity index (χ4v) is 2.43. The molecule has 0 aliphatic carbocycles. The van der Waals surface area contributed by atoms with Crippen LogP contribution in [0.15, 0.2) is 34.8 Å². The van der Waals surface area contributed by atoms with E-state index in [1.165, 1.54) is 6.92 Å². The van der Waals surface area contributed by atoms with E-state index in [0.717, 1.165) is 15.6 Å². The molecule has 3 nitrogen and oxygen atoms in total. The number of methoxy groups -OCH3 is 1. The van der Waals surface area contributed by atoms with Crippen molar-refractivity contribution in [1.82, 2.24) is 0 Å². The Kier molecular flexibility index (Phi) is 4.68. The minimum absolute atomic E-state index is 0.0898. The largest absolute Gasteiger partial charge is 0.496 e. The summed E-state index contributed by atoms with van der Waals surface area (Å²) >= 11 is 3.53. The number of rotatable bonds is 4. The molecule has 0 N–H and O–H groups in total. The van der Waals surface area contributed by atoms with Crippen LogP contribution < -0.4 is 9.47 Å². The minimum atomic E-state index is -0.0898. The van der Waals surface area contributed by atoms with Crippen LogP contribution in [0.5, 0.6) is 17.2 Å². The molecule has 0 radical (unpaired) electrons. The van der Waals surface area contributed by atoms with E-state index in [-0.39, 0.29) is 5.78 Å². The van der Waals surface area contributed by atoms with Crippen LogP contribution in [0.1, 0.15) is 28.4 Å². The third-order valence-corrected chi connectivity index (χ3v) is 4.45. The van der Waals surface area contributed by atoms with Gasteiger partial charge in [-0.1, -0.05) is 22.0 Å². The molecule has 2 aromatic carbocycles. The Morgan fingerprint density at radius 2 is 1.67 bits per heavy atom. The molecule has 0 spiro atoms. The molecule has 2 aromatic rings. The SMILES string of the molecule is COc1cccc(Oc2cc(C)c(Br)c(C)c2)c1C(C)=O. The van der Waals surface area contributed by atoms with E-state index in [4.69, 9.17) is 9.47 Å². The number of ether oxygens (including phenoxy) is 2. The van der Waals surface area contributed by atoms with Crippen LogP contribution in [0.3, 0.4) is 0 Å². The van der Waals surface area contributed by atoms with Crippen LogP contribution in [-0.2, 0) is 0 Å². The first-order valence-corrected chi connectivity index (χ1v) is 7.36. The monoisotopic (exact) mass is 348 g/mol. The van der Waals surface area contributed by atoms with Gasteiger partial charge in [-0.05, 0) is 56.2 Å². The van der Waals surface area contributed by atoms with Gasteiger partial charge >= 0.3 is 0 Å². The van der Waals surface area contributed by atoms with Gasteiger partial charge < -0.3 is 9.47 Å². The molecule has 21 heavy (non-hydrogen) atoms. The smallest absolute Gasteiger partial charge is 0.167 e. The zero-order valence-corrected chi connectivity index (χ0v) is 14.1. The molecule has 0 bridgehead atoms. The van der Waals surface area contributed by atoms with Crippen molar-refractivity contribution in [3.8, 4) is 17.2 Å². The first kappa shape index (κ1) is 15.6. The summed E-state index contributed by atoms with van der Waals surface area (Å²) in [5.41, 5.74) is 2.62. The lowest BCUT2D eigenvalue weighted by atomic mass is 10.1. The quantitative estimate of drug-likeness (QED) is 0.723. The van der Waals surface area contributed by atoms with Gasteiger partial charge in [0.25, 0.3) is 0 Å². The van der Waals surface area contributed by atoms with Crippen molar-refractivity contribution in [2.24, 2.45) is 0 Å². The average Bonchev–Trinajstić information content (AvgIpc) is 2.44. The van der Waals surface area contributed by atoms with Crippen LogP contribution in [0, 0.1) is 13.8 Å². The Morgan fingerprint density at radius 3 is 2.19 bits per heavy atom. The highest BCUT2D eigenvalue weighted by atomic mass is 79.9. The highest BCUT2D eigenvalue weighted by molar-refractivity contribution is 9.10. The molecular weight excluding hydrogens is 332 g/mol. The van der Waals surface area contributed by atoms with E-state index < -0.39 is 0 Å². The van der Waals surface area contributed by atoms with Crippen molar-refractivity contribution in [3.05, 3.63) is 51.5 Å². The molecular formula is C17H17BrO3. The van der Waals surface area contributed by atoms with Gasteiger partial charge in [-0.15, -0.1) is 0 Å². The summed E-state index contributed by atoms with van der Waals surface area (Å²) < 4.78 is 12.2. The minimum Gasteiger partial charge on any atom is -0.496 e. The van der Waals surface area contributed by atoms with E-state index in [0.29, 0.717) is 22.8 Å². The number of hydrogen-bond donors (Lipinski definition) is 0. The fourth-order valence-electron chi connectivity index (χ4n) is 2.21. The molecule has 0 atom stereocenters. The predicted molar refractivity (Wildman–Crippen MR) is 86.7 cm³/mol. The average molecular weight is 349 g/mol. The summed E-state index contributed by atoms with van der Waals surface area (Å²) in [5, 5.41) is 0. The highest BCUT2D eigenvalue weighted by Gasteiger charge is 2.16. The Labute approximate surface area is 133 Å². The molecule has 0 aliphatic rings. The van der Waals surface area contributed by atoms with Crippen molar-refractivity contribution in [1.29, 1.82) is 0 Å². The third-order valence-electron chi connectivity index (χ3n) is 3.20. The molecule has 0 aliphatic heterocycles. The zero-order valence-electron chi connectivity index (χ0n) is 12.5. The lowest BCUT2D eigenvalue weighted by Gasteiger charge is -2.14. The summed E-state index contributed by atoms with van der Waals surface area (Å²) in [7, 11) is 1.54. The fraction of sp³-hybridized carbons (Fsp3) is 0.235. The summed E-state index contributed by atoms with van der Waals surface area (Å²) in [6.07, 6.45) is 0. The summed E-state index contributed by atoms with van der Waals surface area (Å²) in [5.74, 6) is 1.63. The van der Waals surface area contributed by atoms with Crippen molar-refractivity contribution in [3.63, 3.8) is 0 Å². The zero-order chi connectivity index (χ0) is 15.6. The molecule has 2 rings (SSSR count). The van der Waals surface area contributed by atoms with Crippen molar-refractivity contribution >= 4 is 21.7 Å².